The summed E-state index contributed by atoms with van der Waals surface area (Å²) in [5, 5.41) is 13.5. The van der Waals surface area contributed by atoms with Crippen LogP contribution in [-0.4, -0.2) is 32.9 Å². The molecule has 176 valence electrons. The first-order valence-corrected chi connectivity index (χ1v) is 11.2. The number of nitrogen functional groups attached to an aromatic ring is 1. The monoisotopic (exact) mass is 517 g/mol. The Balaban J connectivity index is 0.00000324. The van der Waals surface area contributed by atoms with Crippen molar-refractivity contribution < 1.29 is 14.7 Å². The fourth-order valence-electron chi connectivity index (χ4n) is 3.26. The third-order valence-electron chi connectivity index (χ3n) is 4.85. The van der Waals surface area contributed by atoms with Crippen molar-refractivity contribution in [3.8, 4) is 17.0 Å². The molecular formula is C23H21Cl2N5O3S. The number of aromatic hydroxyl groups is 1. The molecule has 0 unspecified atom stereocenters. The highest BCUT2D eigenvalue weighted by Crippen LogP contribution is 2.36. The molecule has 0 spiro atoms. The number of carbonyl (C=O) groups is 2. The maximum absolute atomic E-state index is 12.9. The largest absolute Gasteiger partial charge is 0.508 e. The van der Waals surface area contributed by atoms with Crippen molar-refractivity contribution in [3.63, 3.8) is 0 Å². The summed E-state index contributed by atoms with van der Waals surface area (Å²) >= 11 is 13.4. The number of amides is 2. The molecule has 2 amide bonds. The van der Waals surface area contributed by atoms with E-state index in [1.165, 1.54) is 12.1 Å². The average molecular weight is 518 g/mol. The molecule has 2 aromatic carbocycles. The molecule has 0 radical (unpaired) electrons. The molecule has 0 saturated carbocycles. The van der Waals surface area contributed by atoms with Crippen molar-refractivity contribution in [1.82, 2.24) is 15.3 Å². The topological polar surface area (TPSA) is 144 Å². The molecule has 6 N–H and O–H groups in total. The van der Waals surface area contributed by atoms with Crippen LogP contribution in [-0.2, 0) is 11.2 Å². The SMILES string of the molecule is C.NC(=O)[C@H](Cc1ccc(O)cc1)NC(=O)c1cc2c(-c3ccc(Cl)cc3Cl)nc(N)nc2s1. The second-order valence-corrected chi connectivity index (χ2v) is 9.06. The Morgan fingerprint density at radius 2 is 1.79 bits per heavy atom. The maximum atomic E-state index is 12.9. The van der Waals surface area contributed by atoms with E-state index in [2.05, 4.69) is 15.3 Å². The van der Waals surface area contributed by atoms with Crippen molar-refractivity contribution in [3.05, 3.63) is 69.0 Å². The van der Waals surface area contributed by atoms with Crippen molar-refractivity contribution >= 4 is 62.5 Å². The zero-order valence-corrected chi connectivity index (χ0v) is 19.2. The molecule has 4 aromatic rings. The quantitative estimate of drug-likeness (QED) is 0.298. The van der Waals surface area contributed by atoms with Gasteiger partial charge in [0.1, 0.15) is 16.6 Å². The molecule has 0 fully saturated rings. The van der Waals surface area contributed by atoms with E-state index in [0.717, 1.165) is 16.9 Å². The molecule has 4 rings (SSSR count). The number of nitrogens with two attached hydrogens (primary N) is 2. The lowest BCUT2D eigenvalue weighted by molar-refractivity contribution is -0.119. The number of nitrogens with one attached hydrogen (secondary N) is 1. The number of hydrogen-bond donors (Lipinski definition) is 4. The van der Waals surface area contributed by atoms with Gasteiger partial charge in [-0.25, -0.2) is 9.97 Å². The van der Waals surface area contributed by atoms with Gasteiger partial charge in [-0.05, 0) is 42.0 Å². The number of halogens is 2. The number of aromatic nitrogens is 2. The average Bonchev–Trinajstić information content (AvgIpc) is 3.18. The Labute approximate surface area is 209 Å². The van der Waals surface area contributed by atoms with Gasteiger partial charge >= 0.3 is 0 Å². The smallest absolute Gasteiger partial charge is 0.262 e. The molecule has 0 bridgehead atoms. The van der Waals surface area contributed by atoms with Crippen LogP contribution in [0.4, 0.5) is 5.95 Å². The zero-order chi connectivity index (χ0) is 23.7. The molecular weight excluding hydrogens is 497 g/mol. The number of primary amides is 1. The predicted octanol–water partition coefficient (Wildman–Crippen LogP) is 4.42. The maximum Gasteiger partial charge on any atom is 0.262 e. The minimum absolute atomic E-state index is 0. The van der Waals surface area contributed by atoms with Crippen molar-refractivity contribution in [2.45, 2.75) is 19.9 Å². The van der Waals surface area contributed by atoms with Crippen LogP contribution in [0.25, 0.3) is 21.5 Å². The van der Waals surface area contributed by atoms with E-state index in [9.17, 15) is 14.7 Å². The Kier molecular flexibility index (Phi) is 7.61. The summed E-state index contributed by atoms with van der Waals surface area (Å²) in [4.78, 5) is 34.2. The van der Waals surface area contributed by atoms with E-state index in [1.54, 1.807) is 36.4 Å². The van der Waals surface area contributed by atoms with Crippen LogP contribution in [0.15, 0.2) is 48.5 Å². The molecule has 2 aromatic heterocycles. The number of hydrogen-bond acceptors (Lipinski definition) is 7. The van der Waals surface area contributed by atoms with Crippen molar-refractivity contribution in [2.24, 2.45) is 5.73 Å². The van der Waals surface area contributed by atoms with Crippen LogP contribution in [0.3, 0.4) is 0 Å². The Bertz CT molecular complexity index is 1380. The second-order valence-electron chi connectivity index (χ2n) is 7.18. The molecule has 34 heavy (non-hydrogen) atoms. The first-order chi connectivity index (χ1) is 15.7. The normalized spacial score (nSPS) is 11.6. The van der Waals surface area contributed by atoms with Crippen LogP contribution < -0.4 is 16.8 Å². The molecule has 0 aliphatic rings. The third kappa shape index (κ3) is 5.39. The van der Waals surface area contributed by atoms with Crippen molar-refractivity contribution in [1.29, 1.82) is 0 Å². The number of carbonyl (C=O) groups excluding carboxylic acids is 2. The highest BCUT2D eigenvalue weighted by Gasteiger charge is 2.23. The predicted molar refractivity (Wildman–Crippen MR) is 136 cm³/mol. The van der Waals surface area contributed by atoms with E-state index >= 15 is 0 Å². The molecule has 0 aliphatic carbocycles. The van der Waals surface area contributed by atoms with E-state index in [4.69, 9.17) is 34.7 Å². The summed E-state index contributed by atoms with van der Waals surface area (Å²) < 4.78 is 0. The fraction of sp³-hybridized carbons (Fsp3) is 0.130. The first kappa shape index (κ1) is 25.2. The number of benzene rings is 2. The fourth-order valence-corrected chi connectivity index (χ4v) is 4.70. The molecule has 0 aliphatic heterocycles. The van der Waals surface area contributed by atoms with Gasteiger partial charge in [-0.15, -0.1) is 11.3 Å². The summed E-state index contributed by atoms with van der Waals surface area (Å²) in [7, 11) is 0. The number of phenolic OH excluding ortho intramolecular Hbond substituents is 1. The lowest BCUT2D eigenvalue weighted by Gasteiger charge is -2.15. The van der Waals surface area contributed by atoms with E-state index in [-0.39, 0.29) is 25.5 Å². The molecule has 8 nitrogen and oxygen atoms in total. The highest BCUT2D eigenvalue weighted by atomic mass is 35.5. The van der Waals surface area contributed by atoms with E-state index in [1.807, 2.05) is 0 Å². The third-order valence-corrected chi connectivity index (χ3v) is 6.42. The molecule has 11 heteroatoms. The number of nitrogens with zero attached hydrogens (tertiary/aromatic N) is 2. The van der Waals surface area contributed by atoms with Gasteiger partial charge in [-0.3, -0.25) is 9.59 Å². The molecule has 0 saturated heterocycles. The standard InChI is InChI=1S/C22H17Cl2N5O3S.CH4/c23-11-3-6-13(15(24)8-11)18-14-9-17(33-21(14)29-22(26)28-18)20(32)27-16(19(25)31)7-10-1-4-12(30)5-2-10;/h1-6,8-9,16,30H,7H2,(H2,25,31)(H,27,32)(H2,26,28,29);1H4/t16-;/m0./s1. The second kappa shape index (κ2) is 10.3. The van der Waals surface area contributed by atoms with E-state index in [0.29, 0.717) is 36.4 Å². The summed E-state index contributed by atoms with van der Waals surface area (Å²) in [6.45, 7) is 0. The van der Waals surface area contributed by atoms with Gasteiger partial charge in [0, 0.05) is 22.4 Å². The van der Waals surface area contributed by atoms with Gasteiger partial charge in [0.2, 0.25) is 11.9 Å². The van der Waals surface area contributed by atoms with Crippen LogP contribution in [0.2, 0.25) is 10.0 Å². The first-order valence-electron chi connectivity index (χ1n) is 9.62. The Hall–Kier alpha value is -3.40. The number of rotatable bonds is 6. The lowest BCUT2D eigenvalue weighted by Crippen LogP contribution is -2.45. The zero-order valence-electron chi connectivity index (χ0n) is 16.9. The van der Waals surface area contributed by atoms with Crippen molar-refractivity contribution in [2.75, 3.05) is 5.73 Å². The number of phenols is 1. The minimum atomic E-state index is -0.950. The summed E-state index contributed by atoms with van der Waals surface area (Å²) in [5.41, 5.74) is 13.2. The van der Waals surface area contributed by atoms with Gasteiger partial charge < -0.3 is 21.9 Å². The number of thiophene rings is 1. The van der Waals surface area contributed by atoms with Crippen LogP contribution in [0.5, 0.6) is 5.75 Å². The highest BCUT2D eigenvalue weighted by molar-refractivity contribution is 7.20. The van der Waals surface area contributed by atoms with Crippen LogP contribution in [0.1, 0.15) is 22.7 Å². The summed E-state index contributed by atoms with van der Waals surface area (Å²) in [6, 6.07) is 11.9. The van der Waals surface area contributed by atoms with Gasteiger partial charge in [0.15, 0.2) is 0 Å². The van der Waals surface area contributed by atoms with Gasteiger partial charge in [0.05, 0.1) is 15.6 Å². The van der Waals surface area contributed by atoms with Gasteiger partial charge in [-0.1, -0.05) is 42.8 Å². The van der Waals surface area contributed by atoms with Gasteiger partial charge in [-0.2, -0.15) is 0 Å². The summed E-state index contributed by atoms with van der Waals surface area (Å²) in [5.74, 6) is -1.05. The number of fused-ring (bicyclic) bond motifs is 1. The Morgan fingerprint density at radius 1 is 1.09 bits per heavy atom. The molecule has 1 atom stereocenters. The van der Waals surface area contributed by atoms with Gasteiger partial charge in [0.25, 0.3) is 5.91 Å². The molecule has 2 heterocycles. The Morgan fingerprint density at radius 3 is 2.44 bits per heavy atom. The van der Waals surface area contributed by atoms with Crippen LogP contribution in [0, 0.1) is 0 Å². The minimum Gasteiger partial charge on any atom is -0.508 e. The van der Waals surface area contributed by atoms with Crippen LogP contribution >= 0.6 is 34.5 Å². The summed E-state index contributed by atoms with van der Waals surface area (Å²) in [6.07, 6.45) is 0.171. The lowest BCUT2D eigenvalue weighted by atomic mass is 10.1. The number of anilines is 1. The van der Waals surface area contributed by atoms with E-state index < -0.39 is 17.9 Å².